The maximum absolute atomic E-state index is 9.68. The van der Waals surface area contributed by atoms with Gasteiger partial charge in [0, 0.05) is 44.3 Å². The van der Waals surface area contributed by atoms with Crippen LogP contribution in [-0.2, 0) is 19.6 Å². The maximum atomic E-state index is 9.68. The van der Waals surface area contributed by atoms with Crippen LogP contribution < -0.4 is 10.2 Å². The molecule has 0 amide bonds. The van der Waals surface area contributed by atoms with Gasteiger partial charge in [-0.15, -0.1) is 0 Å². The maximum Gasteiger partial charge on any atom is 0.146 e. The van der Waals surface area contributed by atoms with Crippen LogP contribution >= 0.6 is 0 Å². The van der Waals surface area contributed by atoms with Crippen molar-refractivity contribution in [3.8, 4) is 6.07 Å². The largest absolute Gasteiger partial charge is 0.354 e. The molecule has 2 fully saturated rings. The fourth-order valence-corrected chi connectivity index (χ4v) is 4.88. The van der Waals surface area contributed by atoms with E-state index >= 15 is 0 Å². The average molecular weight is 359 g/mol. The standard InChI is InChI=1S/C22H25N5/c23-10-20-9-17(12-26-13-18-3-1-2-4-19(18)14-26)11-25-21(20)27-15-22(16-27)5-7-24-8-6-22/h1-4,9,11,24H,5-8,12-16H2. The summed E-state index contributed by atoms with van der Waals surface area (Å²) in [5.41, 5.74) is 5.11. The quantitative estimate of drug-likeness (QED) is 0.913. The summed E-state index contributed by atoms with van der Waals surface area (Å²) in [5.74, 6) is 0.870. The van der Waals surface area contributed by atoms with Gasteiger partial charge in [-0.25, -0.2) is 4.98 Å². The zero-order valence-corrected chi connectivity index (χ0v) is 15.6. The van der Waals surface area contributed by atoms with Gasteiger partial charge < -0.3 is 10.2 Å². The number of rotatable bonds is 3. The first-order valence-electron chi connectivity index (χ1n) is 9.89. The minimum atomic E-state index is 0.444. The number of piperidine rings is 1. The Labute approximate surface area is 160 Å². The van der Waals surface area contributed by atoms with Crippen LogP contribution in [0.25, 0.3) is 0 Å². The molecule has 4 heterocycles. The summed E-state index contributed by atoms with van der Waals surface area (Å²) in [7, 11) is 0. The molecule has 5 nitrogen and oxygen atoms in total. The fourth-order valence-electron chi connectivity index (χ4n) is 4.88. The van der Waals surface area contributed by atoms with Gasteiger partial charge in [0.05, 0.1) is 5.56 Å². The minimum absolute atomic E-state index is 0.444. The summed E-state index contributed by atoms with van der Waals surface area (Å²) in [6, 6.07) is 13.0. The lowest BCUT2D eigenvalue weighted by atomic mass is 9.72. The van der Waals surface area contributed by atoms with Crippen LogP contribution in [0.5, 0.6) is 0 Å². The summed E-state index contributed by atoms with van der Waals surface area (Å²) in [4.78, 5) is 9.41. The predicted octanol–water partition coefficient (Wildman–Crippen LogP) is 2.66. The van der Waals surface area contributed by atoms with E-state index in [1.807, 2.05) is 12.3 Å². The number of aromatic nitrogens is 1. The Morgan fingerprint density at radius 1 is 1.11 bits per heavy atom. The third-order valence-electron chi connectivity index (χ3n) is 6.37. The van der Waals surface area contributed by atoms with Crippen molar-refractivity contribution in [3.63, 3.8) is 0 Å². The minimum Gasteiger partial charge on any atom is -0.354 e. The molecule has 0 aliphatic carbocycles. The molecule has 0 saturated carbocycles. The van der Waals surface area contributed by atoms with Crippen molar-refractivity contribution in [2.24, 2.45) is 5.41 Å². The monoisotopic (exact) mass is 359 g/mol. The summed E-state index contributed by atoms with van der Waals surface area (Å²) >= 11 is 0. The van der Waals surface area contributed by atoms with E-state index in [1.165, 1.54) is 24.0 Å². The van der Waals surface area contributed by atoms with Crippen molar-refractivity contribution in [2.75, 3.05) is 31.1 Å². The van der Waals surface area contributed by atoms with E-state index in [1.54, 1.807) is 0 Å². The molecular formula is C22H25N5. The molecule has 0 unspecified atom stereocenters. The number of hydrogen-bond acceptors (Lipinski definition) is 5. The number of hydrogen-bond donors (Lipinski definition) is 1. The zero-order chi connectivity index (χ0) is 18.3. The highest BCUT2D eigenvalue weighted by Crippen LogP contribution is 2.41. The Hall–Kier alpha value is -2.42. The summed E-state index contributed by atoms with van der Waals surface area (Å²) in [5, 5.41) is 13.1. The second-order valence-corrected chi connectivity index (χ2v) is 8.35. The molecule has 0 atom stereocenters. The van der Waals surface area contributed by atoms with Gasteiger partial charge >= 0.3 is 0 Å². The number of fused-ring (bicyclic) bond motifs is 1. The van der Waals surface area contributed by atoms with Gasteiger partial charge in [-0.1, -0.05) is 24.3 Å². The number of nitrogens with one attached hydrogen (secondary N) is 1. The molecule has 1 spiro atoms. The van der Waals surface area contributed by atoms with Crippen LogP contribution in [0.1, 0.15) is 35.1 Å². The molecule has 2 saturated heterocycles. The molecule has 2 aromatic rings. The molecule has 138 valence electrons. The first kappa shape index (κ1) is 16.7. The Balaban J connectivity index is 1.28. The topological polar surface area (TPSA) is 55.2 Å². The lowest BCUT2D eigenvalue weighted by Crippen LogP contribution is -2.60. The summed E-state index contributed by atoms with van der Waals surface area (Å²) in [6.07, 6.45) is 4.44. The highest BCUT2D eigenvalue weighted by Gasteiger charge is 2.44. The number of anilines is 1. The van der Waals surface area contributed by atoms with Gasteiger partial charge in [0.15, 0.2) is 0 Å². The molecule has 0 bridgehead atoms. The van der Waals surface area contributed by atoms with Gasteiger partial charge in [0.2, 0.25) is 0 Å². The number of benzene rings is 1. The van der Waals surface area contributed by atoms with Crippen molar-refractivity contribution in [1.82, 2.24) is 15.2 Å². The molecule has 3 aliphatic heterocycles. The van der Waals surface area contributed by atoms with Crippen molar-refractivity contribution in [3.05, 3.63) is 58.8 Å². The zero-order valence-electron chi connectivity index (χ0n) is 15.6. The fraction of sp³-hybridized carbons (Fsp3) is 0.455. The highest BCUT2D eigenvalue weighted by molar-refractivity contribution is 5.57. The Bertz CT molecular complexity index is 861. The third-order valence-corrected chi connectivity index (χ3v) is 6.37. The molecule has 0 radical (unpaired) electrons. The average Bonchev–Trinajstić information content (AvgIpc) is 3.09. The van der Waals surface area contributed by atoms with Crippen LogP contribution in [0, 0.1) is 16.7 Å². The van der Waals surface area contributed by atoms with Gasteiger partial charge in [-0.2, -0.15) is 5.26 Å². The van der Waals surface area contributed by atoms with Crippen LogP contribution in [0.2, 0.25) is 0 Å². The molecule has 5 rings (SSSR count). The second-order valence-electron chi connectivity index (χ2n) is 8.35. The summed E-state index contributed by atoms with van der Waals surface area (Å²) in [6.45, 7) is 7.10. The molecule has 1 aromatic carbocycles. The lowest BCUT2D eigenvalue weighted by molar-refractivity contribution is 0.149. The van der Waals surface area contributed by atoms with Crippen LogP contribution in [0.3, 0.4) is 0 Å². The van der Waals surface area contributed by atoms with Crippen molar-refractivity contribution >= 4 is 5.82 Å². The van der Waals surface area contributed by atoms with E-state index in [-0.39, 0.29) is 0 Å². The Morgan fingerprint density at radius 2 is 1.81 bits per heavy atom. The predicted molar refractivity (Wildman–Crippen MR) is 105 cm³/mol. The van der Waals surface area contributed by atoms with Crippen LogP contribution in [-0.4, -0.2) is 36.1 Å². The van der Waals surface area contributed by atoms with Crippen molar-refractivity contribution < 1.29 is 0 Å². The van der Waals surface area contributed by atoms with Crippen LogP contribution in [0.15, 0.2) is 36.5 Å². The van der Waals surface area contributed by atoms with E-state index in [0.29, 0.717) is 11.0 Å². The SMILES string of the molecule is N#Cc1cc(CN2Cc3ccccc3C2)cnc1N1CC2(CCNCC2)C1. The molecule has 3 aliphatic rings. The number of nitrogens with zero attached hydrogens (tertiary/aromatic N) is 4. The van der Waals surface area contributed by atoms with E-state index in [2.05, 4.69) is 45.5 Å². The van der Waals surface area contributed by atoms with Gasteiger partial charge in [0.1, 0.15) is 11.9 Å². The smallest absolute Gasteiger partial charge is 0.146 e. The van der Waals surface area contributed by atoms with Crippen LogP contribution in [0.4, 0.5) is 5.82 Å². The van der Waals surface area contributed by atoms with E-state index in [0.717, 1.165) is 57.2 Å². The van der Waals surface area contributed by atoms with Gasteiger partial charge in [-0.05, 0) is 48.7 Å². The van der Waals surface area contributed by atoms with Gasteiger partial charge in [0.25, 0.3) is 0 Å². The number of pyridine rings is 1. The highest BCUT2D eigenvalue weighted by atomic mass is 15.3. The first-order chi connectivity index (χ1) is 13.2. The summed E-state index contributed by atoms with van der Waals surface area (Å²) < 4.78 is 0. The molecular weight excluding hydrogens is 334 g/mol. The Morgan fingerprint density at radius 3 is 2.48 bits per heavy atom. The van der Waals surface area contributed by atoms with Crippen molar-refractivity contribution in [1.29, 1.82) is 5.26 Å². The molecule has 1 N–H and O–H groups in total. The van der Waals surface area contributed by atoms with Crippen molar-refractivity contribution in [2.45, 2.75) is 32.5 Å². The van der Waals surface area contributed by atoms with E-state index in [4.69, 9.17) is 4.98 Å². The normalized spacial score (nSPS) is 20.9. The third kappa shape index (κ3) is 3.09. The van der Waals surface area contributed by atoms with Gasteiger partial charge in [-0.3, -0.25) is 4.90 Å². The lowest BCUT2D eigenvalue weighted by Gasteiger charge is -2.53. The first-order valence-corrected chi connectivity index (χ1v) is 9.89. The van der Waals surface area contributed by atoms with E-state index < -0.39 is 0 Å². The van der Waals surface area contributed by atoms with E-state index in [9.17, 15) is 5.26 Å². The molecule has 1 aromatic heterocycles. The molecule has 27 heavy (non-hydrogen) atoms. The second kappa shape index (κ2) is 6.63. The number of nitriles is 1. The molecule has 5 heteroatoms. The Kier molecular flexibility index (Phi) is 4.11.